The van der Waals surface area contributed by atoms with Gasteiger partial charge in [-0.15, -0.1) is 0 Å². The van der Waals surface area contributed by atoms with Gasteiger partial charge in [0.25, 0.3) is 0 Å². The van der Waals surface area contributed by atoms with E-state index in [9.17, 15) is 0 Å². The van der Waals surface area contributed by atoms with Gasteiger partial charge in [0.05, 0.1) is 0 Å². The normalized spacial score (nSPS) is 11.4. The lowest BCUT2D eigenvalue weighted by Crippen LogP contribution is -2.10. The fraction of sp³-hybridized carbons (Fsp3) is 0.714. The first kappa shape index (κ1) is 18.3. The molecule has 0 nitrogen and oxygen atoms in total. The van der Waals surface area contributed by atoms with Crippen LogP contribution in [0.4, 0.5) is 0 Å². The zero-order valence-electron chi connectivity index (χ0n) is 15.3. The molecule has 0 unspecified atom stereocenters. The highest BCUT2D eigenvalue weighted by atomic mass is 14.2. The molecule has 0 bridgehead atoms. The van der Waals surface area contributed by atoms with E-state index in [-0.39, 0.29) is 0 Å². The maximum Gasteiger partial charge on any atom is -0.0216 e. The SMILES string of the molecule is CCCc1cc(C(C)C)c(CCC)c(CCC)c1CCC. The van der Waals surface area contributed by atoms with Gasteiger partial charge in [0.1, 0.15) is 0 Å². The molecule has 0 aliphatic rings. The maximum atomic E-state index is 2.56. The van der Waals surface area contributed by atoms with Crippen LogP contribution in [-0.4, -0.2) is 0 Å². The molecule has 0 radical (unpaired) electrons. The van der Waals surface area contributed by atoms with E-state index in [0.717, 1.165) is 0 Å². The van der Waals surface area contributed by atoms with Crippen molar-refractivity contribution in [3.63, 3.8) is 0 Å². The Morgan fingerprint density at radius 1 is 0.667 bits per heavy atom. The van der Waals surface area contributed by atoms with Gasteiger partial charge in [0.2, 0.25) is 0 Å². The predicted molar refractivity (Wildman–Crippen MR) is 96.5 cm³/mol. The first-order valence-electron chi connectivity index (χ1n) is 9.26. The first-order valence-corrected chi connectivity index (χ1v) is 9.26. The van der Waals surface area contributed by atoms with Gasteiger partial charge < -0.3 is 0 Å². The van der Waals surface area contributed by atoms with Crippen LogP contribution in [0.2, 0.25) is 0 Å². The van der Waals surface area contributed by atoms with Crippen LogP contribution in [0.15, 0.2) is 6.07 Å². The molecule has 120 valence electrons. The van der Waals surface area contributed by atoms with Crippen LogP contribution in [0, 0.1) is 0 Å². The van der Waals surface area contributed by atoms with Crippen molar-refractivity contribution in [3.8, 4) is 0 Å². The molecule has 1 rings (SSSR count). The van der Waals surface area contributed by atoms with Gasteiger partial charge in [-0.25, -0.2) is 0 Å². The largest absolute Gasteiger partial charge is 0.0651 e. The Labute approximate surface area is 133 Å². The molecular formula is C21H36. The Hall–Kier alpha value is -0.780. The lowest BCUT2D eigenvalue weighted by atomic mass is 9.81. The van der Waals surface area contributed by atoms with E-state index in [2.05, 4.69) is 47.6 Å². The van der Waals surface area contributed by atoms with Gasteiger partial charge in [-0.05, 0) is 59.4 Å². The highest BCUT2D eigenvalue weighted by Crippen LogP contribution is 2.32. The molecular weight excluding hydrogens is 252 g/mol. The predicted octanol–water partition coefficient (Wildman–Crippen LogP) is 6.62. The third kappa shape index (κ3) is 4.59. The van der Waals surface area contributed by atoms with Gasteiger partial charge in [-0.2, -0.15) is 0 Å². The highest BCUT2D eigenvalue weighted by Gasteiger charge is 2.17. The van der Waals surface area contributed by atoms with Gasteiger partial charge in [0, 0.05) is 0 Å². The van der Waals surface area contributed by atoms with Crippen molar-refractivity contribution in [3.05, 3.63) is 33.9 Å². The maximum absolute atomic E-state index is 2.56. The van der Waals surface area contributed by atoms with Gasteiger partial charge in [0.15, 0.2) is 0 Å². The molecule has 0 aromatic heterocycles. The van der Waals surface area contributed by atoms with E-state index < -0.39 is 0 Å². The quantitative estimate of drug-likeness (QED) is 0.479. The van der Waals surface area contributed by atoms with Gasteiger partial charge >= 0.3 is 0 Å². The summed E-state index contributed by atoms with van der Waals surface area (Å²) in [7, 11) is 0. The number of hydrogen-bond donors (Lipinski definition) is 0. The molecule has 0 N–H and O–H groups in total. The Morgan fingerprint density at radius 2 is 1.14 bits per heavy atom. The minimum atomic E-state index is 0.647. The molecule has 0 amide bonds. The van der Waals surface area contributed by atoms with E-state index in [0.29, 0.717) is 5.92 Å². The second-order valence-corrected chi connectivity index (χ2v) is 6.72. The zero-order valence-corrected chi connectivity index (χ0v) is 15.3. The van der Waals surface area contributed by atoms with Crippen LogP contribution in [0.3, 0.4) is 0 Å². The van der Waals surface area contributed by atoms with Crippen molar-refractivity contribution < 1.29 is 0 Å². The molecule has 21 heavy (non-hydrogen) atoms. The van der Waals surface area contributed by atoms with Crippen LogP contribution >= 0.6 is 0 Å². The van der Waals surface area contributed by atoms with Crippen molar-refractivity contribution in [1.29, 1.82) is 0 Å². The van der Waals surface area contributed by atoms with Gasteiger partial charge in [-0.3, -0.25) is 0 Å². The fourth-order valence-electron chi connectivity index (χ4n) is 3.58. The third-order valence-electron chi connectivity index (χ3n) is 4.44. The number of benzene rings is 1. The lowest BCUT2D eigenvalue weighted by molar-refractivity contribution is 0.764. The summed E-state index contributed by atoms with van der Waals surface area (Å²) in [5.74, 6) is 0.647. The van der Waals surface area contributed by atoms with E-state index >= 15 is 0 Å². The summed E-state index contributed by atoms with van der Waals surface area (Å²) in [6, 6.07) is 2.56. The molecule has 0 saturated carbocycles. The van der Waals surface area contributed by atoms with Crippen LogP contribution in [0.1, 0.15) is 101 Å². The molecule has 0 heteroatoms. The van der Waals surface area contributed by atoms with Crippen molar-refractivity contribution in [1.82, 2.24) is 0 Å². The number of hydrogen-bond acceptors (Lipinski definition) is 0. The van der Waals surface area contributed by atoms with Crippen LogP contribution in [0.25, 0.3) is 0 Å². The molecule has 0 spiro atoms. The Balaban J connectivity index is 3.52. The highest BCUT2D eigenvalue weighted by molar-refractivity contribution is 5.48. The third-order valence-corrected chi connectivity index (χ3v) is 4.44. The van der Waals surface area contributed by atoms with Crippen molar-refractivity contribution in [2.75, 3.05) is 0 Å². The molecule has 0 aliphatic carbocycles. The van der Waals surface area contributed by atoms with Crippen LogP contribution in [-0.2, 0) is 25.7 Å². The van der Waals surface area contributed by atoms with Crippen molar-refractivity contribution >= 4 is 0 Å². The molecule has 0 saturated heterocycles. The summed E-state index contributed by atoms with van der Waals surface area (Å²) >= 11 is 0. The van der Waals surface area contributed by atoms with Crippen LogP contribution in [0.5, 0.6) is 0 Å². The summed E-state index contributed by atoms with van der Waals surface area (Å²) in [5, 5.41) is 0. The average molecular weight is 289 g/mol. The second kappa shape index (κ2) is 9.28. The van der Waals surface area contributed by atoms with Gasteiger partial charge in [-0.1, -0.05) is 73.3 Å². The molecule has 1 aromatic carbocycles. The van der Waals surface area contributed by atoms with Crippen molar-refractivity contribution in [2.45, 2.75) is 98.8 Å². The molecule has 0 fully saturated rings. The summed E-state index contributed by atoms with van der Waals surface area (Å²) in [6.07, 6.45) is 10.1. The number of aryl methyl sites for hydroxylation is 1. The average Bonchev–Trinajstić information content (AvgIpc) is 2.44. The molecule has 1 aromatic rings. The first-order chi connectivity index (χ1) is 10.1. The van der Waals surface area contributed by atoms with E-state index in [1.807, 2.05) is 0 Å². The molecule has 0 heterocycles. The number of rotatable bonds is 9. The summed E-state index contributed by atoms with van der Waals surface area (Å²) in [6.45, 7) is 14.0. The molecule has 0 atom stereocenters. The summed E-state index contributed by atoms with van der Waals surface area (Å²) in [4.78, 5) is 0. The Morgan fingerprint density at radius 3 is 1.62 bits per heavy atom. The monoisotopic (exact) mass is 288 g/mol. The summed E-state index contributed by atoms with van der Waals surface area (Å²) in [5.41, 5.74) is 8.39. The minimum absolute atomic E-state index is 0.647. The topological polar surface area (TPSA) is 0 Å². The Kier molecular flexibility index (Phi) is 8.07. The molecule has 0 aliphatic heterocycles. The fourth-order valence-corrected chi connectivity index (χ4v) is 3.58. The van der Waals surface area contributed by atoms with E-state index in [1.54, 1.807) is 27.8 Å². The minimum Gasteiger partial charge on any atom is -0.0651 e. The smallest absolute Gasteiger partial charge is 0.0216 e. The second-order valence-electron chi connectivity index (χ2n) is 6.72. The summed E-state index contributed by atoms with van der Waals surface area (Å²) < 4.78 is 0. The lowest BCUT2D eigenvalue weighted by Gasteiger charge is -2.24. The Bertz CT molecular complexity index is 426. The van der Waals surface area contributed by atoms with Crippen LogP contribution < -0.4 is 0 Å². The van der Waals surface area contributed by atoms with E-state index in [4.69, 9.17) is 0 Å². The van der Waals surface area contributed by atoms with Crippen molar-refractivity contribution in [2.24, 2.45) is 0 Å². The zero-order chi connectivity index (χ0) is 15.8. The standard InChI is InChI=1S/C21H36/c1-7-11-17-15-21(16(5)6)20(14-10-4)19(13-9-3)18(17)12-8-2/h15-16H,7-14H2,1-6H3. The van der Waals surface area contributed by atoms with E-state index in [1.165, 1.54) is 51.4 Å².